The predicted octanol–water partition coefficient (Wildman–Crippen LogP) is 5.64. The van der Waals surface area contributed by atoms with Crippen LogP contribution in [0.1, 0.15) is 41.9 Å². The summed E-state index contributed by atoms with van der Waals surface area (Å²) in [6.07, 6.45) is 8.31. The van der Waals surface area contributed by atoms with Crippen molar-refractivity contribution in [3.63, 3.8) is 0 Å². The molecule has 6 rings (SSSR count). The SMILES string of the molecule is CCn1cc(-c2cnc(N)c(-c3ccc(NC(=O)c4cn(C5CC5)c(C#N)c(-c5ccccc5)c4=O)cc3F)c2)cn1. The van der Waals surface area contributed by atoms with Crippen molar-refractivity contribution in [2.75, 3.05) is 11.1 Å². The van der Waals surface area contributed by atoms with Crippen LogP contribution in [0, 0.1) is 17.1 Å². The number of nitrogens with zero attached hydrogens (tertiary/aromatic N) is 5. The smallest absolute Gasteiger partial charge is 0.261 e. The molecule has 2 aromatic carbocycles. The fourth-order valence-electron chi connectivity index (χ4n) is 4.97. The van der Waals surface area contributed by atoms with Crippen LogP contribution in [0.3, 0.4) is 0 Å². The Morgan fingerprint density at radius 1 is 1.07 bits per heavy atom. The molecule has 9 nitrogen and oxygen atoms in total. The van der Waals surface area contributed by atoms with Gasteiger partial charge in [0.05, 0.1) is 11.8 Å². The minimum atomic E-state index is -0.695. The Balaban J connectivity index is 1.33. The van der Waals surface area contributed by atoms with Gasteiger partial charge in [-0.05, 0) is 49.6 Å². The Kier molecular flexibility index (Phi) is 6.84. The minimum absolute atomic E-state index is 0.0390. The highest BCUT2D eigenvalue weighted by atomic mass is 19.1. The van der Waals surface area contributed by atoms with Crippen LogP contribution in [-0.2, 0) is 6.54 Å². The Morgan fingerprint density at radius 2 is 1.86 bits per heavy atom. The van der Waals surface area contributed by atoms with Gasteiger partial charge in [-0.2, -0.15) is 10.4 Å². The number of rotatable bonds is 7. The molecule has 3 N–H and O–H groups in total. The van der Waals surface area contributed by atoms with Crippen molar-refractivity contribution in [1.29, 1.82) is 5.26 Å². The number of carbonyl (C=O) groups is 1. The number of amides is 1. The highest BCUT2D eigenvalue weighted by Gasteiger charge is 2.30. The maximum absolute atomic E-state index is 15.5. The van der Waals surface area contributed by atoms with E-state index in [-0.39, 0.29) is 39.9 Å². The molecule has 1 amide bonds. The van der Waals surface area contributed by atoms with Gasteiger partial charge in [0.1, 0.15) is 29.0 Å². The van der Waals surface area contributed by atoms with Crippen molar-refractivity contribution < 1.29 is 9.18 Å². The van der Waals surface area contributed by atoms with Gasteiger partial charge in [0.15, 0.2) is 0 Å². The number of halogens is 1. The molecular formula is C32H26FN7O2. The number of aryl methyl sites for hydroxylation is 1. The van der Waals surface area contributed by atoms with Gasteiger partial charge < -0.3 is 15.6 Å². The number of nitrogens with one attached hydrogen (secondary N) is 1. The van der Waals surface area contributed by atoms with Crippen molar-refractivity contribution in [3.8, 4) is 39.4 Å². The fraction of sp³-hybridized carbons (Fsp3) is 0.156. The van der Waals surface area contributed by atoms with E-state index in [9.17, 15) is 14.9 Å². The average molecular weight is 560 g/mol. The van der Waals surface area contributed by atoms with E-state index in [1.165, 1.54) is 18.3 Å². The number of carbonyl (C=O) groups excluding carboxylic acids is 1. The number of benzene rings is 2. The van der Waals surface area contributed by atoms with Crippen molar-refractivity contribution in [2.24, 2.45) is 0 Å². The molecule has 1 fully saturated rings. The Labute approximate surface area is 240 Å². The van der Waals surface area contributed by atoms with E-state index in [4.69, 9.17) is 5.73 Å². The van der Waals surface area contributed by atoms with E-state index < -0.39 is 17.2 Å². The first-order valence-electron chi connectivity index (χ1n) is 13.5. The van der Waals surface area contributed by atoms with Crippen LogP contribution in [0.25, 0.3) is 33.4 Å². The van der Waals surface area contributed by atoms with Crippen LogP contribution < -0.4 is 16.5 Å². The van der Waals surface area contributed by atoms with Crippen molar-refractivity contribution >= 4 is 17.4 Å². The normalized spacial score (nSPS) is 12.6. The maximum Gasteiger partial charge on any atom is 0.261 e. The molecule has 0 unspecified atom stereocenters. The largest absolute Gasteiger partial charge is 0.383 e. The monoisotopic (exact) mass is 559 g/mol. The molecule has 0 aliphatic heterocycles. The number of pyridine rings is 2. The van der Waals surface area contributed by atoms with E-state index in [1.54, 1.807) is 58.0 Å². The molecule has 0 saturated heterocycles. The van der Waals surface area contributed by atoms with Gasteiger partial charge in [-0.3, -0.25) is 14.3 Å². The van der Waals surface area contributed by atoms with Crippen molar-refractivity contribution in [1.82, 2.24) is 19.3 Å². The summed E-state index contributed by atoms with van der Waals surface area (Å²) in [6.45, 7) is 2.69. The third kappa shape index (κ3) is 4.92. The van der Waals surface area contributed by atoms with Gasteiger partial charge >= 0.3 is 0 Å². The fourth-order valence-corrected chi connectivity index (χ4v) is 4.97. The molecule has 0 bridgehead atoms. The lowest BCUT2D eigenvalue weighted by Gasteiger charge is -2.15. The molecule has 0 radical (unpaired) electrons. The van der Waals surface area contributed by atoms with E-state index in [1.807, 2.05) is 19.2 Å². The van der Waals surface area contributed by atoms with Crippen LogP contribution in [0.15, 0.2) is 84.2 Å². The quantitative estimate of drug-likeness (QED) is 0.265. The molecular weight excluding hydrogens is 533 g/mol. The van der Waals surface area contributed by atoms with Crippen LogP contribution in [0.5, 0.6) is 0 Å². The van der Waals surface area contributed by atoms with Crippen LogP contribution in [-0.4, -0.2) is 25.2 Å². The Morgan fingerprint density at radius 3 is 2.52 bits per heavy atom. The van der Waals surface area contributed by atoms with Crippen molar-refractivity contribution in [3.05, 3.63) is 107 Å². The molecule has 5 aromatic rings. The summed E-state index contributed by atoms with van der Waals surface area (Å²) in [6, 6.07) is 17.0. The highest BCUT2D eigenvalue weighted by Crippen LogP contribution is 2.38. The van der Waals surface area contributed by atoms with Crippen LogP contribution in [0.2, 0.25) is 0 Å². The molecule has 42 heavy (non-hydrogen) atoms. The number of nitriles is 1. The molecule has 1 aliphatic rings. The van der Waals surface area contributed by atoms with E-state index in [0.717, 1.165) is 24.0 Å². The summed E-state index contributed by atoms with van der Waals surface area (Å²) in [5.74, 6) is -1.16. The lowest BCUT2D eigenvalue weighted by molar-refractivity contribution is 0.102. The number of hydrogen-bond acceptors (Lipinski definition) is 6. The molecule has 0 atom stereocenters. The average Bonchev–Trinajstić information content (AvgIpc) is 3.73. The zero-order valence-electron chi connectivity index (χ0n) is 22.7. The minimum Gasteiger partial charge on any atom is -0.383 e. The van der Waals surface area contributed by atoms with Gasteiger partial charge in [-0.25, -0.2) is 9.37 Å². The van der Waals surface area contributed by atoms with E-state index in [0.29, 0.717) is 17.7 Å². The topological polar surface area (TPSA) is 132 Å². The zero-order chi connectivity index (χ0) is 29.4. The van der Waals surface area contributed by atoms with Gasteiger partial charge in [0.25, 0.3) is 5.91 Å². The molecule has 10 heteroatoms. The van der Waals surface area contributed by atoms with Gasteiger partial charge in [-0.1, -0.05) is 30.3 Å². The van der Waals surface area contributed by atoms with Gasteiger partial charge in [0.2, 0.25) is 5.43 Å². The number of nitrogen functional groups attached to an aromatic ring is 1. The van der Waals surface area contributed by atoms with Crippen LogP contribution >= 0.6 is 0 Å². The van der Waals surface area contributed by atoms with Crippen LogP contribution in [0.4, 0.5) is 15.9 Å². The Bertz CT molecular complexity index is 1940. The first-order chi connectivity index (χ1) is 20.4. The molecule has 0 spiro atoms. The number of hydrogen-bond donors (Lipinski definition) is 2. The van der Waals surface area contributed by atoms with E-state index >= 15 is 4.39 Å². The number of anilines is 2. The molecule has 3 heterocycles. The summed E-state index contributed by atoms with van der Waals surface area (Å²) < 4.78 is 18.9. The summed E-state index contributed by atoms with van der Waals surface area (Å²) in [5.41, 5.74) is 8.70. The van der Waals surface area contributed by atoms with Crippen molar-refractivity contribution in [2.45, 2.75) is 32.4 Å². The van der Waals surface area contributed by atoms with Gasteiger partial charge in [0, 0.05) is 59.1 Å². The lowest BCUT2D eigenvalue weighted by Crippen LogP contribution is -2.26. The summed E-state index contributed by atoms with van der Waals surface area (Å²) in [7, 11) is 0. The second kappa shape index (κ2) is 10.8. The summed E-state index contributed by atoms with van der Waals surface area (Å²) in [4.78, 5) is 31.2. The predicted molar refractivity (Wildman–Crippen MR) is 158 cm³/mol. The second-order valence-corrected chi connectivity index (χ2v) is 10.1. The summed E-state index contributed by atoms with van der Waals surface area (Å²) >= 11 is 0. The standard InChI is InChI=1S/C32H26FN7O2/c1-2-39-17-21(16-37-39)20-12-25(31(35)36-15-20)24-11-8-22(13-27(24)33)38-32(42)26-18-40(23-9-10-23)28(14-34)29(30(26)41)19-6-4-3-5-7-19/h3-8,11-13,15-18,23H,2,9-10H2,1H3,(H2,35,36)(H,38,42). The Hall–Kier alpha value is -5.56. The highest BCUT2D eigenvalue weighted by molar-refractivity contribution is 6.05. The maximum atomic E-state index is 15.5. The lowest BCUT2D eigenvalue weighted by atomic mass is 10.0. The summed E-state index contributed by atoms with van der Waals surface area (Å²) in [5, 5.41) is 16.8. The zero-order valence-corrected chi connectivity index (χ0v) is 22.7. The van der Waals surface area contributed by atoms with E-state index in [2.05, 4.69) is 21.5 Å². The molecule has 3 aromatic heterocycles. The third-order valence-corrected chi connectivity index (χ3v) is 7.31. The number of aromatic nitrogens is 4. The first-order valence-corrected chi connectivity index (χ1v) is 13.5. The molecule has 1 saturated carbocycles. The molecule has 1 aliphatic carbocycles. The number of nitrogens with two attached hydrogens (primary N) is 1. The van der Waals surface area contributed by atoms with Gasteiger partial charge in [-0.15, -0.1) is 0 Å². The molecule has 208 valence electrons. The first kappa shape index (κ1) is 26.7. The third-order valence-electron chi connectivity index (χ3n) is 7.31. The second-order valence-electron chi connectivity index (χ2n) is 10.1.